The third-order valence-corrected chi connectivity index (χ3v) is 8.42. The molecule has 2 aromatic heterocycles. The molecule has 0 unspecified atom stereocenters. The van der Waals surface area contributed by atoms with Gasteiger partial charge in [0.05, 0.1) is 10.9 Å². The van der Waals surface area contributed by atoms with Gasteiger partial charge in [-0.1, -0.05) is 58.0 Å². The summed E-state index contributed by atoms with van der Waals surface area (Å²) in [4.78, 5) is 0. The van der Waals surface area contributed by atoms with Gasteiger partial charge >= 0.3 is 0 Å². The van der Waals surface area contributed by atoms with Gasteiger partial charge in [-0.3, -0.25) is 0 Å². The van der Waals surface area contributed by atoms with Gasteiger partial charge in [0.15, 0.2) is 6.20 Å². The quantitative estimate of drug-likeness (QED) is 0.232. The Morgan fingerprint density at radius 1 is 0.833 bits per heavy atom. The van der Waals surface area contributed by atoms with Crippen LogP contribution in [0.3, 0.4) is 0 Å². The Labute approximate surface area is 212 Å². The zero-order valence-corrected chi connectivity index (χ0v) is 22.0. The van der Waals surface area contributed by atoms with E-state index < -0.39 is 0 Å². The van der Waals surface area contributed by atoms with Crippen LogP contribution >= 0.6 is 0 Å². The molecule has 0 fully saturated rings. The molecule has 0 saturated heterocycles. The molecule has 0 aliphatic heterocycles. The summed E-state index contributed by atoms with van der Waals surface area (Å²) in [5.74, 6) is -0.251. The number of fused-ring (bicyclic) bond motifs is 4. The largest absolute Gasteiger partial charge is 0.454 e. The zero-order chi connectivity index (χ0) is 25.4. The van der Waals surface area contributed by atoms with Crippen molar-refractivity contribution in [1.82, 2.24) is 0 Å². The highest BCUT2D eigenvalue weighted by atomic mass is 19.1. The Kier molecular flexibility index (Phi) is 4.96. The highest BCUT2D eigenvalue weighted by Crippen LogP contribution is 2.48. The second kappa shape index (κ2) is 7.77. The molecule has 0 spiro atoms. The maximum atomic E-state index is 15.4. The molecule has 2 heterocycles. The third kappa shape index (κ3) is 3.32. The van der Waals surface area contributed by atoms with Gasteiger partial charge in [-0.2, -0.15) is 0 Å². The number of aromatic nitrogens is 1. The molecule has 5 aromatic rings. The molecule has 2 nitrogen and oxygen atoms in total. The van der Waals surface area contributed by atoms with Crippen LogP contribution in [-0.4, -0.2) is 0 Å². The lowest BCUT2D eigenvalue weighted by molar-refractivity contribution is -0.660. The van der Waals surface area contributed by atoms with Crippen molar-refractivity contribution in [2.45, 2.75) is 58.3 Å². The van der Waals surface area contributed by atoms with E-state index in [-0.39, 0.29) is 16.6 Å². The van der Waals surface area contributed by atoms with E-state index in [4.69, 9.17) is 4.42 Å². The van der Waals surface area contributed by atoms with Crippen LogP contribution in [0.2, 0.25) is 0 Å². The predicted molar refractivity (Wildman–Crippen MR) is 146 cm³/mol. The van der Waals surface area contributed by atoms with Gasteiger partial charge in [-0.05, 0) is 71.0 Å². The van der Waals surface area contributed by atoms with E-state index in [1.807, 2.05) is 37.5 Å². The van der Waals surface area contributed by atoms with E-state index >= 15 is 4.39 Å². The molecule has 3 heteroatoms. The minimum atomic E-state index is -0.251. The standard InChI is InChI=1S/C33H33FNO/c1-20-10-12-23-29-26(34)15-13-22(30(29)36-31(23)28(20)27-9-7-8-18-35(27)6)21-11-14-24-25(19-21)33(4,5)17-16-32(24,2)3/h7-15,18-19H,16-17H2,1-6H3/q+1. The Hall–Kier alpha value is -3.46. The fraction of sp³-hybridized carbons (Fsp3) is 0.303. The molecule has 36 heavy (non-hydrogen) atoms. The van der Waals surface area contributed by atoms with Crippen molar-refractivity contribution in [2.24, 2.45) is 7.05 Å². The summed E-state index contributed by atoms with van der Waals surface area (Å²) in [6, 6.07) is 20.4. The van der Waals surface area contributed by atoms with Crippen LogP contribution in [-0.2, 0) is 17.9 Å². The molecule has 0 radical (unpaired) electrons. The minimum absolute atomic E-state index is 0.0974. The number of hydrogen-bond donors (Lipinski definition) is 0. The monoisotopic (exact) mass is 478 g/mol. The summed E-state index contributed by atoms with van der Waals surface area (Å²) in [6.07, 6.45) is 4.35. The second-order valence-corrected chi connectivity index (χ2v) is 11.8. The smallest absolute Gasteiger partial charge is 0.216 e. The van der Waals surface area contributed by atoms with Crippen LogP contribution in [0.25, 0.3) is 44.3 Å². The van der Waals surface area contributed by atoms with Crippen molar-refractivity contribution in [2.75, 3.05) is 0 Å². The summed E-state index contributed by atoms with van der Waals surface area (Å²) >= 11 is 0. The highest BCUT2D eigenvalue weighted by Gasteiger charge is 2.37. The van der Waals surface area contributed by atoms with Crippen molar-refractivity contribution in [3.05, 3.63) is 89.4 Å². The van der Waals surface area contributed by atoms with E-state index in [1.54, 1.807) is 6.07 Å². The topological polar surface area (TPSA) is 17.0 Å². The van der Waals surface area contributed by atoms with E-state index in [2.05, 4.69) is 69.5 Å². The molecule has 0 N–H and O–H groups in total. The summed E-state index contributed by atoms with van der Waals surface area (Å²) in [7, 11) is 2.03. The average Bonchev–Trinajstić information content (AvgIpc) is 3.23. The van der Waals surface area contributed by atoms with Gasteiger partial charge in [-0.25, -0.2) is 8.96 Å². The first-order chi connectivity index (χ1) is 17.1. The predicted octanol–water partition coefficient (Wildman–Crippen LogP) is 8.54. The van der Waals surface area contributed by atoms with Gasteiger partial charge in [0, 0.05) is 23.1 Å². The Morgan fingerprint density at radius 3 is 2.33 bits per heavy atom. The number of hydrogen-bond acceptors (Lipinski definition) is 1. The van der Waals surface area contributed by atoms with Gasteiger partial charge in [0.25, 0.3) is 0 Å². The van der Waals surface area contributed by atoms with Crippen LogP contribution in [0.5, 0.6) is 0 Å². The van der Waals surface area contributed by atoms with E-state index in [9.17, 15) is 0 Å². The Balaban J connectivity index is 1.65. The SMILES string of the molecule is Cc1ccc2c(oc3c(-c4ccc5c(c4)C(C)(C)CCC5(C)C)ccc(F)c32)c1-c1cccc[n+]1C. The number of aryl methyl sites for hydroxylation is 2. The zero-order valence-electron chi connectivity index (χ0n) is 22.0. The minimum Gasteiger partial charge on any atom is -0.454 e. The number of nitrogens with zero attached hydrogens (tertiary/aromatic N) is 1. The van der Waals surface area contributed by atoms with Gasteiger partial charge in [0.2, 0.25) is 5.69 Å². The summed E-state index contributed by atoms with van der Waals surface area (Å²) in [6.45, 7) is 11.4. The molecule has 0 saturated carbocycles. The fourth-order valence-corrected chi connectivity index (χ4v) is 6.09. The normalized spacial score (nSPS) is 16.4. The van der Waals surface area contributed by atoms with Crippen LogP contribution < -0.4 is 4.57 Å². The Bertz CT molecular complexity index is 1670. The number of furan rings is 1. The first kappa shape index (κ1) is 23.0. The first-order valence-corrected chi connectivity index (χ1v) is 12.8. The molecule has 0 bridgehead atoms. The maximum absolute atomic E-state index is 15.4. The molecule has 0 atom stereocenters. The third-order valence-electron chi connectivity index (χ3n) is 8.42. The second-order valence-electron chi connectivity index (χ2n) is 11.8. The molecule has 1 aliphatic rings. The van der Waals surface area contributed by atoms with E-state index in [0.29, 0.717) is 11.0 Å². The van der Waals surface area contributed by atoms with Gasteiger partial charge in [0.1, 0.15) is 24.0 Å². The lowest BCUT2D eigenvalue weighted by Gasteiger charge is -2.42. The van der Waals surface area contributed by atoms with Crippen molar-refractivity contribution < 1.29 is 13.4 Å². The number of pyridine rings is 1. The summed E-state index contributed by atoms with van der Waals surface area (Å²) in [5, 5.41) is 1.37. The van der Waals surface area contributed by atoms with Crippen molar-refractivity contribution in [3.8, 4) is 22.4 Å². The van der Waals surface area contributed by atoms with Gasteiger partial charge in [-0.15, -0.1) is 0 Å². The molecule has 1 aliphatic carbocycles. The molecule has 6 rings (SSSR count). The highest BCUT2D eigenvalue weighted by molar-refractivity contribution is 6.13. The first-order valence-electron chi connectivity index (χ1n) is 12.8. The molecule has 0 amide bonds. The van der Waals surface area contributed by atoms with Crippen LogP contribution in [0.15, 0.2) is 71.3 Å². The van der Waals surface area contributed by atoms with E-state index in [1.165, 1.54) is 17.5 Å². The van der Waals surface area contributed by atoms with E-state index in [0.717, 1.165) is 45.3 Å². The summed E-state index contributed by atoms with van der Waals surface area (Å²) < 4.78 is 24.1. The number of benzene rings is 3. The fourth-order valence-electron chi connectivity index (χ4n) is 6.09. The molecular formula is C33H33FNO+. The van der Waals surface area contributed by atoms with Crippen LogP contribution in [0, 0.1) is 12.7 Å². The lowest BCUT2D eigenvalue weighted by Crippen LogP contribution is -2.33. The van der Waals surface area contributed by atoms with Crippen molar-refractivity contribution in [3.63, 3.8) is 0 Å². The number of rotatable bonds is 2. The average molecular weight is 479 g/mol. The van der Waals surface area contributed by atoms with Crippen LogP contribution in [0.4, 0.5) is 4.39 Å². The molecule has 182 valence electrons. The lowest BCUT2D eigenvalue weighted by atomic mass is 9.63. The number of halogens is 1. The van der Waals surface area contributed by atoms with Gasteiger partial charge < -0.3 is 4.42 Å². The van der Waals surface area contributed by atoms with Crippen molar-refractivity contribution in [1.29, 1.82) is 0 Å². The van der Waals surface area contributed by atoms with Crippen molar-refractivity contribution >= 4 is 21.9 Å². The van der Waals surface area contributed by atoms with Crippen LogP contribution in [0.1, 0.15) is 57.2 Å². The molecular weight excluding hydrogens is 445 g/mol. The summed E-state index contributed by atoms with van der Waals surface area (Å²) in [5.41, 5.74) is 9.56. The molecule has 3 aromatic carbocycles. The maximum Gasteiger partial charge on any atom is 0.216 e. The Morgan fingerprint density at radius 2 is 1.58 bits per heavy atom.